The molecule has 0 aliphatic rings. The molecule has 0 fully saturated rings. The number of aromatic nitrogens is 3. The maximum absolute atomic E-state index is 9.62. The Labute approximate surface area is 108 Å². The fraction of sp³-hybridized carbons (Fsp3) is 0.0769. The normalized spacial score (nSPS) is 10.9. The van der Waals surface area contributed by atoms with Crippen LogP contribution in [0.4, 0.5) is 0 Å². The predicted molar refractivity (Wildman–Crippen MR) is 71.6 cm³/mol. The number of fused-ring (bicyclic) bond motifs is 1. The fourth-order valence-corrected chi connectivity index (χ4v) is 2.52. The Morgan fingerprint density at radius 3 is 2.89 bits per heavy atom. The zero-order valence-electron chi connectivity index (χ0n) is 9.50. The van der Waals surface area contributed by atoms with E-state index in [-0.39, 0.29) is 5.75 Å². The molecule has 0 amide bonds. The quantitative estimate of drug-likeness (QED) is 0.708. The third-order valence-electron chi connectivity index (χ3n) is 2.58. The van der Waals surface area contributed by atoms with Crippen LogP contribution in [-0.2, 0) is 5.75 Å². The highest BCUT2D eigenvalue weighted by atomic mass is 32.2. The number of hydrogen-bond donors (Lipinski definition) is 2. The molecule has 0 saturated carbocycles. The molecule has 90 valence electrons. The largest absolute Gasteiger partial charge is 0.506 e. The van der Waals surface area contributed by atoms with Gasteiger partial charge in [0.25, 0.3) is 0 Å². The van der Waals surface area contributed by atoms with Crippen LogP contribution in [0.1, 0.15) is 5.69 Å². The van der Waals surface area contributed by atoms with Gasteiger partial charge in [-0.1, -0.05) is 23.9 Å². The average molecular weight is 257 g/mol. The highest BCUT2D eigenvalue weighted by Crippen LogP contribution is 2.25. The highest BCUT2D eigenvalue weighted by Gasteiger charge is 2.06. The van der Waals surface area contributed by atoms with Gasteiger partial charge in [0.1, 0.15) is 5.75 Å². The van der Waals surface area contributed by atoms with Gasteiger partial charge in [0.15, 0.2) is 5.16 Å². The number of nitrogens with zero attached hydrogens (tertiary/aromatic N) is 2. The van der Waals surface area contributed by atoms with Crippen molar-refractivity contribution < 1.29 is 5.11 Å². The third-order valence-corrected chi connectivity index (χ3v) is 3.46. The smallest absolute Gasteiger partial charge is 0.166 e. The van der Waals surface area contributed by atoms with E-state index in [1.807, 2.05) is 24.3 Å². The number of pyridine rings is 1. The van der Waals surface area contributed by atoms with Crippen LogP contribution >= 0.6 is 11.8 Å². The van der Waals surface area contributed by atoms with Gasteiger partial charge in [-0.25, -0.2) is 4.98 Å². The average Bonchev–Trinajstić information content (AvgIpc) is 2.80. The molecule has 0 spiro atoms. The zero-order valence-corrected chi connectivity index (χ0v) is 10.3. The number of benzene rings is 1. The Morgan fingerprint density at radius 1 is 1.17 bits per heavy atom. The highest BCUT2D eigenvalue weighted by molar-refractivity contribution is 7.98. The summed E-state index contributed by atoms with van der Waals surface area (Å²) in [4.78, 5) is 11.8. The van der Waals surface area contributed by atoms with E-state index in [0.29, 0.717) is 11.4 Å². The van der Waals surface area contributed by atoms with Crippen LogP contribution in [0.25, 0.3) is 11.0 Å². The summed E-state index contributed by atoms with van der Waals surface area (Å²) in [7, 11) is 0. The Kier molecular flexibility index (Phi) is 2.90. The molecule has 4 nitrogen and oxygen atoms in total. The van der Waals surface area contributed by atoms with Crippen LogP contribution in [0, 0.1) is 0 Å². The van der Waals surface area contributed by atoms with Crippen LogP contribution < -0.4 is 0 Å². The van der Waals surface area contributed by atoms with Crippen LogP contribution in [0.2, 0.25) is 0 Å². The molecule has 3 aromatic rings. The van der Waals surface area contributed by atoms with Gasteiger partial charge in [0, 0.05) is 11.9 Å². The first-order chi connectivity index (χ1) is 8.83. The van der Waals surface area contributed by atoms with E-state index in [2.05, 4.69) is 15.0 Å². The minimum absolute atomic E-state index is 0.223. The van der Waals surface area contributed by atoms with E-state index in [1.165, 1.54) is 11.8 Å². The molecule has 0 atom stereocenters. The van der Waals surface area contributed by atoms with Crippen molar-refractivity contribution in [3.05, 3.63) is 48.3 Å². The summed E-state index contributed by atoms with van der Waals surface area (Å²) in [5.41, 5.74) is 2.64. The van der Waals surface area contributed by atoms with Crippen molar-refractivity contribution in [1.29, 1.82) is 0 Å². The standard InChI is InChI=1S/C13H11N3OS/c17-12-6-3-7-14-11(12)8-18-13-15-9-4-1-2-5-10(9)16-13/h1-7,17H,8H2,(H,15,16). The lowest BCUT2D eigenvalue weighted by atomic mass is 10.3. The van der Waals surface area contributed by atoms with Crippen LogP contribution in [0.3, 0.4) is 0 Å². The van der Waals surface area contributed by atoms with Crippen molar-refractivity contribution >= 4 is 22.8 Å². The molecule has 2 aromatic heterocycles. The van der Waals surface area contributed by atoms with E-state index in [9.17, 15) is 5.11 Å². The molecule has 0 radical (unpaired) electrons. The first-order valence-electron chi connectivity index (χ1n) is 5.53. The van der Waals surface area contributed by atoms with Gasteiger partial charge in [-0.15, -0.1) is 0 Å². The number of aromatic hydroxyl groups is 1. The van der Waals surface area contributed by atoms with Gasteiger partial charge >= 0.3 is 0 Å². The van der Waals surface area contributed by atoms with Crippen molar-refractivity contribution in [2.24, 2.45) is 0 Å². The molecule has 0 saturated heterocycles. The van der Waals surface area contributed by atoms with Gasteiger partial charge in [0.05, 0.1) is 16.7 Å². The molecule has 2 N–H and O–H groups in total. The second-order valence-corrected chi connectivity index (χ2v) is 4.78. The van der Waals surface area contributed by atoms with Crippen LogP contribution in [-0.4, -0.2) is 20.1 Å². The van der Waals surface area contributed by atoms with E-state index < -0.39 is 0 Å². The summed E-state index contributed by atoms with van der Waals surface area (Å²) < 4.78 is 0. The Bertz CT molecular complexity index is 648. The van der Waals surface area contributed by atoms with E-state index in [4.69, 9.17) is 0 Å². The maximum Gasteiger partial charge on any atom is 0.166 e. The molecule has 3 rings (SSSR count). The summed E-state index contributed by atoms with van der Waals surface area (Å²) >= 11 is 1.52. The predicted octanol–water partition coefficient (Wildman–Crippen LogP) is 2.96. The lowest BCUT2D eigenvalue weighted by molar-refractivity contribution is 0.467. The molecule has 2 heterocycles. The zero-order chi connectivity index (χ0) is 12.4. The molecule has 0 aliphatic heterocycles. The SMILES string of the molecule is Oc1cccnc1CSc1nc2ccccc2[nH]1. The second kappa shape index (κ2) is 4.70. The molecule has 0 unspecified atom stereocenters. The van der Waals surface area contributed by atoms with Crippen LogP contribution in [0.15, 0.2) is 47.8 Å². The second-order valence-electron chi connectivity index (χ2n) is 3.82. The summed E-state index contributed by atoms with van der Waals surface area (Å²) in [5, 5.41) is 10.5. The first-order valence-corrected chi connectivity index (χ1v) is 6.52. The van der Waals surface area contributed by atoms with Gasteiger partial charge in [-0.2, -0.15) is 0 Å². The fourth-order valence-electron chi connectivity index (χ4n) is 1.68. The van der Waals surface area contributed by atoms with E-state index >= 15 is 0 Å². The number of H-pyrrole nitrogens is 1. The Hall–Kier alpha value is -2.01. The third kappa shape index (κ3) is 2.17. The molecule has 1 aromatic carbocycles. The van der Waals surface area contributed by atoms with E-state index in [0.717, 1.165) is 16.2 Å². The Morgan fingerprint density at radius 2 is 2.06 bits per heavy atom. The van der Waals surface area contributed by atoms with E-state index in [1.54, 1.807) is 18.3 Å². The van der Waals surface area contributed by atoms with Crippen molar-refractivity contribution in [2.45, 2.75) is 10.9 Å². The summed E-state index contributed by atoms with van der Waals surface area (Å²) in [6.07, 6.45) is 1.67. The minimum atomic E-state index is 0.223. The molecular formula is C13H11N3OS. The molecule has 5 heteroatoms. The summed E-state index contributed by atoms with van der Waals surface area (Å²) in [6.45, 7) is 0. The lowest BCUT2D eigenvalue weighted by Gasteiger charge is -2.00. The first kappa shape index (κ1) is 11.1. The van der Waals surface area contributed by atoms with Gasteiger partial charge in [0.2, 0.25) is 0 Å². The number of nitrogens with one attached hydrogen (secondary N) is 1. The number of imidazole rings is 1. The molecular weight excluding hydrogens is 246 g/mol. The number of aromatic amines is 1. The molecule has 0 aliphatic carbocycles. The monoisotopic (exact) mass is 257 g/mol. The topological polar surface area (TPSA) is 61.8 Å². The summed E-state index contributed by atoms with van der Waals surface area (Å²) in [5.74, 6) is 0.813. The summed E-state index contributed by atoms with van der Waals surface area (Å²) in [6, 6.07) is 11.2. The van der Waals surface area contributed by atoms with Crippen molar-refractivity contribution in [3.8, 4) is 5.75 Å². The van der Waals surface area contributed by atoms with Gasteiger partial charge < -0.3 is 10.1 Å². The van der Waals surface area contributed by atoms with Gasteiger partial charge in [-0.05, 0) is 24.3 Å². The number of para-hydroxylation sites is 2. The van der Waals surface area contributed by atoms with Gasteiger partial charge in [-0.3, -0.25) is 4.98 Å². The minimum Gasteiger partial charge on any atom is -0.506 e. The maximum atomic E-state index is 9.62. The molecule has 18 heavy (non-hydrogen) atoms. The van der Waals surface area contributed by atoms with Crippen molar-refractivity contribution in [1.82, 2.24) is 15.0 Å². The van der Waals surface area contributed by atoms with Crippen LogP contribution in [0.5, 0.6) is 5.75 Å². The van der Waals surface area contributed by atoms with Crippen molar-refractivity contribution in [2.75, 3.05) is 0 Å². The number of hydrogen-bond acceptors (Lipinski definition) is 4. The number of rotatable bonds is 3. The lowest BCUT2D eigenvalue weighted by Crippen LogP contribution is -1.87. The Balaban J connectivity index is 1.79. The van der Waals surface area contributed by atoms with Crippen molar-refractivity contribution in [3.63, 3.8) is 0 Å². The molecule has 0 bridgehead atoms. The number of thioether (sulfide) groups is 1.